The van der Waals surface area contributed by atoms with Crippen LogP contribution in [0.4, 0.5) is 8.78 Å². The molecule has 0 saturated carbocycles. The molecular formula is C20H25F2N2O11P. The van der Waals surface area contributed by atoms with Gasteiger partial charge in [-0.3, -0.25) is 23.4 Å². The summed E-state index contributed by atoms with van der Waals surface area (Å²) in [5.41, 5.74) is -1.33. The number of aromatic amines is 1. The Balaban J connectivity index is 1.58. The van der Waals surface area contributed by atoms with Crippen molar-refractivity contribution in [3.05, 3.63) is 68.7 Å². The first-order valence-electron chi connectivity index (χ1n) is 10.5. The third-order valence-corrected chi connectivity index (χ3v) is 6.01. The fourth-order valence-corrected chi connectivity index (χ4v) is 4.04. The van der Waals surface area contributed by atoms with E-state index in [9.17, 15) is 33.7 Å². The van der Waals surface area contributed by atoms with E-state index >= 15 is 4.39 Å². The van der Waals surface area contributed by atoms with E-state index < -0.39 is 68.5 Å². The maximum absolute atomic E-state index is 15.2. The lowest BCUT2D eigenvalue weighted by Crippen LogP contribution is -2.43. The van der Waals surface area contributed by atoms with Crippen molar-refractivity contribution in [1.82, 2.24) is 9.55 Å². The molecule has 4 N–H and O–H groups in total. The molecular weight excluding hydrogens is 513 g/mol. The summed E-state index contributed by atoms with van der Waals surface area (Å²) in [5.74, 6) is -3.69. The number of nitrogens with one attached hydrogen (secondary N) is 1. The standard InChI is InChI=1S/C20H25F2N2O11P/c1-31-9-14(32-8-12-3-2-4-13(21)7-12)10-33-36(29,30)34-11-20(22)17(27)16(26)18(35-20)24-6-5-15(25)23-19(24)28/h2-7,14,16-18,26-27H,8-11H2,1H3,(H,29,30)(H,23,25,28)/t14?,16-,17+,18-,20-/m1/s1. The van der Waals surface area contributed by atoms with Crippen molar-refractivity contribution in [2.45, 2.75) is 37.0 Å². The Morgan fingerprint density at radius 2 is 2.00 bits per heavy atom. The van der Waals surface area contributed by atoms with Crippen LogP contribution >= 0.6 is 7.82 Å². The number of aromatic nitrogens is 2. The number of aliphatic hydroxyl groups excluding tert-OH is 2. The Morgan fingerprint density at radius 3 is 2.67 bits per heavy atom. The SMILES string of the molecule is COCC(COP(=O)(O)OC[C@@]1(F)O[C@@H](n2ccc(=O)[nH]c2=O)[C@H](O)[C@@H]1O)OCc1cccc(F)c1. The van der Waals surface area contributed by atoms with E-state index in [2.05, 4.69) is 4.52 Å². The summed E-state index contributed by atoms with van der Waals surface area (Å²) in [5, 5.41) is 20.2. The first-order chi connectivity index (χ1) is 16.9. The minimum absolute atomic E-state index is 0.0667. The second-order valence-electron chi connectivity index (χ2n) is 7.80. The number of phosphoric ester groups is 1. The minimum atomic E-state index is -4.95. The number of hydrogen-bond donors (Lipinski definition) is 4. The number of aliphatic hydroxyl groups is 2. The number of rotatable bonds is 12. The largest absolute Gasteiger partial charge is 0.472 e. The number of ether oxygens (including phenoxy) is 3. The number of benzene rings is 1. The van der Waals surface area contributed by atoms with Gasteiger partial charge in [-0.15, -0.1) is 0 Å². The molecule has 36 heavy (non-hydrogen) atoms. The van der Waals surface area contributed by atoms with Crippen LogP contribution in [0.1, 0.15) is 11.8 Å². The van der Waals surface area contributed by atoms with Crippen molar-refractivity contribution >= 4 is 7.82 Å². The second kappa shape index (κ2) is 11.8. The highest BCUT2D eigenvalue weighted by molar-refractivity contribution is 7.47. The molecule has 0 radical (unpaired) electrons. The lowest BCUT2D eigenvalue weighted by molar-refractivity contribution is -0.205. The second-order valence-corrected chi connectivity index (χ2v) is 9.26. The highest BCUT2D eigenvalue weighted by atomic mass is 31.2. The summed E-state index contributed by atoms with van der Waals surface area (Å²) in [6.07, 6.45) is -6.05. The van der Waals surface area contributed by atoms with Crippen LogP contribution in [0.15, 0.2) is 46.1 Å². The van der Waals surface area contributed by atoms with Crippen molar-refractivity contribution < 1.29 is 51.7 Å². The molecule has 6 atom stereocenters. The number of hydrogen-bond acceptors (Lipinski definition) is 10. The lowest BCUT2D eigenvalue weighted by Gasteiger charge is -2.24. The lowest BCUT2D eigenvalue weighted by atomic mass is 10.1. The van der Waals surface area contributed by atoms with E-state index in [1.54, 1.807) is 6.07 Å². The number of alkyl halides is 1. The first kappa shape index (κ1) is 28.2. The molecule has 0 amide bonds. The summed E-state index contributed by atoms with van der Waals surface area (Å²) >= 11 is 0. The predicted molar refractivity (Wildman–Crippen MR) is 116 cm³/mol. The topological polar surface area (TPSA) is 179 Å². The molecule has 1 aliphatic rings. The van der Waals surface area contributed by atoms with Gasteiger partial charge in [-0.05, 0) is 17.7 Å². The van der Waals surface area contributed by atoms with Crippen molar-refractivity contribution in [3.63, 3.8) is 0 Å². The fourth-order valence-electron chi connectivity index (χ4n) is 3.27. The Hall–Kier alpha value is -2.33. The summed E-state index contributed by atoms with van der Waals surface area (Å²) in [7, 11) is -3.60. The van der Waals surface area contributed by atoms with Gasteiger partial charge >= 0.3 is 13.5 Å². The van der Waals surface area contributed by atoms with Crippen LogP contribution in [0.3, 0.4) is 0 Å². The van der Waals surface area contributed by atoms with Gasteiger partial charge in [0.05, 0.1) is 19.8 Å². The molecule has 1 fully saturated rings. The zero-order chi connectivity index (χ0) is 26.5. The summed E-state index contributed by atoms with van der Waals surface area (Å²) < 4.78 is 66.2. The number of halogens is 2. The normalized spacial score (nSPS) is 26.6. The number of nitrogens with zero attached hydrogens (tertiary/aromatic N) is 1. The Labute approximate surface area is 202 Å². The van der Waals surface area contributed by atoms with Crippen LogP contribution in [0, 0.1) is 5.82 Å². The van der Waals surface area contributed by atoms with Crippen LogP contribution in [0.25, 0.3) is 0 Å². The molecule has 1 aromatic heterocycles. The maximum Gasteiger partial charge on any atom is 0.472 e. The highest BCUT2D eigenvalue weighted by Gasteiger charge is 2.57. The molecule has 0 aliphatic carbocycles. The molecule has 13 nitrogen and oxygen atoms in total. The van der Waals surface area contributed by atoms with E-state index in [-0.39, 0.29) is 13.2 Å². The van der Waals surface area contributed by atoms with E-state index in [4.69, 9.17) is 18.7 Å². The molecule has 2 unspecified atom stereocenters. The predicted octanol–water partition coefficient (Wildman–Crippen LogP) is -0.0425. The average molecular weight is 538 g/mol. The Kier molecular flexibility index (Phi) is 9.27. The fraction of sp³-hybridized carbons (Fsp3) is 0.500. The molecule has 200 valence electrons. The molecule has 16 heteroatoms. The molecule has 0 spiro atoms. The monoisotopic (exact) mass is 538 g/mol. The van der Waals surface area contributed by atoms with Crippen LogP contribution in [-0.2, 0) is 34.4 Å². The number of H-pyrrole nitrogens is 1. The molecule has 0 bridgehead atoms. The Morgan fingerprint density at radius 1 is 1.25 bits per heavy atom. The van der Waals surface area contributed by atoms with Gasteiger partial charge in [0.25, 0.3) is 11.4 Å². The van der Waals surface area contributed by atoms with E-state index in [1.807, 2.05) is 4.98 Å². The molecule has 1 aliphatic heterocycles. The third-order valence-electron chi connectivity index (χ3n) is 5.07. The molecule has 1 saturated heterocycles. The highest BCUT2D eigenvalue weighted by Crippen LogP contribution is 2.47. The van der Waals surface area contributed by atoms with Crippen LogP contribution < -0.4 is 11.2 Å². The molecule has 2 aromatic rings. The van der Waals surface area contributed by atoms with E-state index in [0.717, 1.165) is 12.3 Å². The molecule has 3 rings (SSSR count). The molecule has 1 aromatic carbocycles. The summed E-state index contributed by atoms with van der Waals surface area (Å²) in [6, 6.07) is 6.47. The van der Waals surface area contributed by atoms with Crippen molar-refractivity contribution in [2.24, 2.45) is 0 Å². The van der Waals surface area contributed by atoms with E-state index in [1.165, 1.54) is 25.3 Å². The van der Waals surface area contributed by atoms with Gasteiger partial charge in [0.15, 0.2) is 6.23 Å². The third kappa shape index (κ3) is 7.12. The van der Waals surface area contributed by atoms with Crippen LogP contribution in [0.2, 0.25) is 0 Å². The van der Waals surface area contributed by atoms with Gasteiger partial charge in [-0.25, -0.2) is 18.1 Å². The quantitative estimate of drug-likeness (QED) is 0.267. The van der Waals surface area contributed by atoms with E-state index in [0.29, 0.717) is 10.1 Å². The van der Waals surface area contributed by atoms with Crippen molar-refractivity contribution in [1.29, 1.82) is 0 Å². The van der Waals surface area contributed by atoms with Gasteiger partial charge < -0.3 is 29.3 Å². The zero-order valence-corrected chi connectivity index (χ0v) is 19.8. The van der Waals surface area contributed by atoms with Crippen molar-refractivity contribution in [3.8, 4) is 0 Å². The Bertz CT molecular complexity index is 1190. The van der Waals surface area contributed by atoms with Gasteiger partial charge in [-0.1, -0.05) is 12.1 Å². The smallest absolute Gasteiger partial charge is 0.385 e. The van der Waals surface area contributed by atoms with Gasteiger partial charge in [-0.2, -0.15) is 0 Å². The van der Waals surface area contributed by atoms with Crippen LogP contribution in [0.5, 0.6) is 0 Å². The number of phosphoric acid groups is 1. The maximum atomic E-state index is 15.2. The minimum Gasteiger partial charge on any atom is -0.385 e. The first-order valence-corrected chi connectivity index (χ1v) is 11.9. The van der Waals surface area contributed by atoms with Crippen LogP contribution in [-0.4, -0.2) is 75.8 Å². The molecule has 2 heterocycles. The average Bonchev–Trinajstić information content (AvgIpc) is 3.04. The zero-order valence-electron chi connectivity index (χ0n) is 18.9. The summed E-state index contributed by atoms with van der Waals surface area (Å²) in [4.78, 5) is 34.9. The van der Waals surface area contributed by atoms with Gasteiger partial charge in [0.2, 0.25) is 0 Å². The van der Waals surface area contributed by atoms with Gasteiger partial charge in [0.1, 0.15) is 30.7 Å². The van der Waals surface area contributed by atoms with Crippen molar-refractivity contribution in [2.75, 3.05) is 26.9 Å². The van der Waals surface area contributed by atoms with Gasteiger partial charge in [0, 0.05) is 19.4 Å². The summed E-state index contributed by atoms with van der Waals surface area (Å²) in [6.45, 7) is -2.06. The number of methoxy groups -OCH3 is 1.